The first kappa shape index (κ1) is 19.3. The van der Waals surface area contributed by atoms with Gasteiger partial charge < -0.3 is 4.74 Å². The number of hydrogen-bond acceptors (Lipinski definition) is 4. The van der Waals surface area contributed by atoms with Crippen LogP contribution in [0.1, 0.15) is 16.8 Å². The molecule has 7 rings (SSSR count). The van der Waals surface area contributed by atoms with E-state index >= 15 is 0 Å². The molecule has 0 spiro atoms. The molecule has 0 aromatic heterocycles. The predicted octanol–water partition coefficient (Wildman–Crippen LogP) is 3.35. The first-order valence-electron chi connectivity index (χ1n) is 11.1. The Labute approximate surface area is 186 Å². The van der Waals surface area contributed by atoms with Crippen LogP contribution in [0.4, 0.5) is 5.69 Å². The van der Waals surface area contributed by atoms with Gasteiger partial charge in [-0.25, -0.2) is 0 Å². The fraction of sp³-hybridized carbons (Fsp3) is 0.346. The number of nitrogens with zero attached hydrogens (tertiary/aromatic N) is 2. The molecular weight excluding hydrogens is 404 g/mol. The van der Waals surface area contributed by atoms with E-state index in [9.17, 15) is 14.4 Å². The summed E-state index contributed by atoms with van der Waals surface area (Å²) in [6, 6.07) is 16.1. The van der Waals surface area contributed by atoms with Gasteiger partial charge in [-0.1, -0.05) is 42.5 Å². The Morgan fingerprint density at radius 1 is 0.938 bits per heavy atom. The van der Waals surface area contributed by atoms with Crippen LogP contribution in [0.25, 0.3) is 0 Å². The standard InChI is InChI=1S/C26H24N2O4/c1-32-21-10-6-5-9-20(21)27(24(29)15-7-3-2-4-8-15)14-28-25(30)22-16-11-12-17(19-13-18(16)19)23(22)26(28)31/h2-12,16-19,22-23H,13-14H2,1H3/t16-,17-,18-,19+,22-,23+/m1/s1. The Balaban J connectivity index is 1.36. The maximum absolute atomic E-state index is 13.5. The highest BCUT2D eigenvalue weighted by atomic mass is 16.5. The quantitative estimate of drug-likeness (QED) is 0.541. The van der Waals surface area contributed by atoms with Gasteiger partial charge in [0.15, 0.2) is 0 Å². The molecule has 0 radical (unpaired) electrons. The lowest BCUT2D eigenvalue weighted by molar-refractivity contribution is -0.140. The van der Waals surface area contributed by atoms with E-state index in [2.05, 4.69) is 12.2 Å². The van der Waals surface area contributed by atoms with E-state index in [1.807, 2.05) is 18.2 Å². The minimum Gasteiger partial charge on any atom is -0.495 e. The number of benzene rings is 2. The predicted molar refractivity (Wildman–Crippen MR) is 118 cm³/mol. The third-order valence-corrected chi connectivity index (χ3v) is 7.68. The lowest BCUT2D eigenvalue weighted by atomic mass is 9.63. The normalized spacial score (nSPS) is 31.3. The Kier molecular flexibility index (Phi) is 4.25. The topological polar surface area (TPSA) is 66.9 Å². The van der Waals surface area contributed by atoms with E-state index in [0.29, 0.717) is 28.8 Å². The van der Waals surface area contributed by atoms with Crippen molar-refractivity contribution in [2.24, 2.45) is 35.5 Å². The highest BCUT2D eigenvalue weighted by Crippen LogP contribution is 2.65. The number of methoxy groups -OCH3 is 1. The van der Waals surface area contributed by atoms with Gasteiger partial charge in [-0.15, -0.1) is 0 Å². The largest absolute Gasteiger partial charge is 0.495 e. The Bertz CT molecular complexity index is 1110. The van der Waals surface area contributed by atoms with Gasteiger partial charge in [0.25, 0.3) is 5.91 Å². The molecule has 2 bridgehead atoms. The lowest BCUT2D eigenvalue weighted by Crippen LogP contribution is -2.45. The van der Waals surface area contributed by atoms with Crippen molar-refractivity contribution in [3.8, 4) is 5.75 Å². The average molecular weight is 428 g/mol. The van der Waals surface area contributed by atoms with Gasteiger partial charge >= 0.3 is 0 Å². The molecule has 3 amide bonds. The average Bonchev–Trinajstić information content (AvgIpc) is 3.62. The van der Waals surface area contributed by atoms with E-state index in [0.717, 1.165) is 6.42 Å². The van der Waals surface area contributed by atoms with Gasteiger partial charge in [-0.05, 0) is 54.4 Å². The summed E-state index contributed by atoms with van der Waals surface area (Å²) in [6.45, 7) is -0.118. The van der Waals surface area contributed by atoms with Crippen LogP contribution in [0, 0.1) is 35.5 Å². The zero-order valence-corrected chi connectivity index (χ0v) is 17.8. The smallest absolute Gasteiger partial charge is 0.259 e. The molecule has 0 unspecified atom stereocenters. The molecule has 4 aliphatic carbocycles. The van der Waals surface area contributed by atoms with E-state index < -0.39 is 0 Å². The number of ether oxygens (including phenoxy) is 1. The number of amides is 3. The summed E-state index contributed by atoms with van der Waals surface area (Å²) in [7, 11) is 1.54. The summed E-state index contributed by atoms with van der Waals surface area (Å²) in [5.74, 6) is 0.752. The fourth-order valence-corrected chi connectivity index (χ4v) is 6.14. The molecule has 1 aliphatic heterocycles. The Morgan fingerprint density at radius 2 is 1.53 bits per heavy atom. The number of para-hydroxylation sites is 2. The molecule has 1 saturated heterocycles. The third kappa shape index (κ3) is 2.68. The fourth-order valence-electron chi connectivity index (χ4n) is 6.14. The van der Waals surface area contributed by atoms with Gasteiger partial charge in [-0.2, -0.15) is 0 Å². The summed E-state index contributed by atoms with van der Waals surface area (Å²) in [5.41, 5.74) is 1.01. The number of allylic oxidation sites excluding steroid dienone is 2. The number of carbonyl (C=O) groups excluding carboxylic acids is 3. The minimum atomic E-state index is -0.285. The van der Waals surface area contributed by atoms with Crippen LogP contribution < -0.4 is 9.64 Å². The van der Waals surface area contributed by atoms with Gasteiger partial charge in [0.1, 0.15) is 12.4 Å². The Hall–Kier alpha value is -3.41. The number of hydrogen-bond donors (Lipinski definition) is 0. The number of rotatable bonds is 5. The molecule has 6 atom stereocenters. The molecule has 2 saturated carbocycles. The van der Waals surface area contributed by atoms with Crippen molar-refractivity contribution in [2.45, 2.75) is 6.42 Å². The molecular formula is C26H24N2O4. The van der Waals surface area contributed by atoms with Crippen LogP contribution in [0.5, 0.6) is 5.75 Å². The van der Waals surface area contributed by atoms with Crippen LogP contribution in [0.3, 0.4) is 0 Å². The maximum Gasteiger partial charge on any atom is 0.259 e. The van der Waals surface area contributed by atoms with E-state index in [4.69, 9.17) is 4.74 Å². The number of carbonyl (C=O) groups is 3. The first-order valence-corrected chi connectivity index (χ1v) is 11.1. The van der Waals surface area contributed by atoms with Crippen LogP contribution in [0.15, 0.2) is 66.7 Å². The molecule has 3 fully saturated rings. The monoisotopic (exact) mass is 428 g/mol. The van der Waals surface area contributed by atoms with Crippen molar-refractivity contribution in [3.63, 3.8) is 0 Å². The van der Waals surface area contributed by atoms with Crippen molar-refractivity contribution in [1.82, 2.24) is 4.90 Å². The van der Waals surface area contributed by atoms with Crippen molar-refractivity contribution < 1.29 is 19.1 Å². The molecule has 6 nitrogen and oxygen atoms in total. The van der Waals surface area contributed by atoms with E-state index in [1.54, 1.807) is 43.5 Å². The van der Waals surface area contributed by atoms with Crippen molar-refractivity contribution in [2.75, 3.05) is 18.7 Å². The summed E-state index contributed by atoms with van der Waals surface area (Å²) < 4.78 is 5.50. The second-order valence-corrected chi connectivity index (χ2v) is 9.17. The molecule has 2 aromatic rings. The zero-order chi connectivity index (χ0) is 22.0. The number of likely N-dealkylation sites (tertiary alicyclic amines) is 1. The summed E-state index contributed by atoms with van der Waals surface area (Å²) in [4.78, 5) is 43.3. The second kappa shape index (κ2) is 7.05. The van der Waals surface area contributed by atoms with Gasteiger partial charge in [0, 0.05) is 5.56 Å². The van der Waals surface area contributed by atoms with Crippen LogP contribution in [-0.2, 0) is 9.59 Å². The lowest BCUT2D eigenvalue weighted by Gasteiger charge is -2.37. The molecule has 2 aromatic carbocycles. The first-order chi connectivity index (χ1) is 15.6. The van der Waals surface area contributed by atoms with Crippen molar-refractivity contribution in [3.05, 3.63) is 72.3 Å². The van der Waals surface area contributed by atoms with Crippen LogP contribution in [-0.4, -0.2) is 36.4 Å². The second-order valence-electron chi connectivity index (χ2n) is 9.17. The van der Waals surface area contributed by atoms with Gasteiger partial charge in [0.05, 0.1) is 24.6 Å². The molecule has 162 valence electrons. The summed E-state index contributed by atoms with van der Waals surface area (Å²) >= 11 is 0. The number of imide groups is 1. The van der Waals surface area contributed by atoms with Crippen molar-refractivity contribution >= 4 is 23.4 Å². The molecule has 0 N–H and O–H groups in total. The molecule has 1 heterocycles. The third-order valence-electron chi connectivity index (χ3n) is 7.68. The van der Waals surface area contributed by atoms with Crippen LogP contribution in [0.2, 0.25) is 0 Å². The summed E-state index contributed by atoms with van der Waals surface area (Å²) in [5, 5.41) is 0. The molecule has 5 aliphatic rings. The van der Waals surface area contributed by atoms with Crippen LogP contribution >= 0.6 is 0 Å². The van der Waals surface area contributed by atoms with Gasteiger partial charge in [0.2, 0.25) is 11.8 Å². The van der Waals surface area contributed by atoms with E-state index in [-0.39, 0.29) is 48.1 Å². The highest BCUT2D eigenvalue weighted by molar-refractivity contribution is 6.10. The minimum absolute atomic E-state index is 0.118. The maximum atomic E-state index is 13.5. The highest BCUT2D eigenvalue weighted by Gasteiger charge is 2.67. The van der Waals surface area contributed by atoms with E-state index in [1.165, 1.54) is 9.80 Å². The van der Waals surface area contributed by atoms with Crippen molar-refractivity contribution in [1.29, 1.82) is 0 Å². The van der Waals surface area contributed by atoms with Gasteiger partial charge in [-0.3, -0.25) is 24.2 Å². The molecule has 6 heteroatoms. The summed E-state index contributed by atoms with van der Waals surface area (Å²) in [6.07, 6.45) is 5.43. The SMILES string of the molecule is COc1ccccc1N(CN1C(=O)[C@@H]2[C@@H]3C=C[C@H]([C@@H]4C[C@H]34)[C@@H]2C1=O)C(=O)c1ccccc1. The molecule has 32 heavy (non-hydrogen) atoms. The number of anilines is 1. The zero-order valence-electron chi connectivity index (χ0n) is 17.8. The Morgan fingerprint density at radius 3 is 2.16 bits per heavy atom.